The van der Waals surface area contributed by atoms with Gasteiger partial charge in [0.1, 0.15) is 6.04 Å². The Kier molecular flexibility index (Phi) is 5.25. The van der Waals surface area contributed by atoms with Crippen LogP contribution in [0.3, 0.4) is 0 Å². The van der Waals surface area contributed by atoms with Crippen molar-refractivity contribution in [3.05, 3.63) is 44.3 Å². The SMILES string of the molecule is C[C@H]1CCCC[C@H]1NC(=O)C[NH+]1CCc2sccc2[C@@H]1c1cccs1. The van der Waals surface area contributed by atoms with E-state index in [1.165, 1.54) is 39.5 Å². The summed E-state index contributed by atoms with van der Waals surface area (Å²) in [6, 6.07) is 7.32. The van der Waals surface area contributed by atoms with Crippen molar-refractivity contribution in [3.8, 4) is 0 Å². The number of thiophene rings is 2. The maximum absolute atomic E-state index is 12.8. The Balaban J connectivity index is 1.48. The van der Waals surface area contributed by atoms with E-state index >= 15 is 0 Å². The van der Waals surface area contributed by atoms with Crippen molar-refractivity contribution in [1.29, 1.82) is 0 Å². The van der Waals surface area contributed by atoms with E-state index in [2.05, 4.69) is 41.2 Å². The highest BCUT2D eigenvalue weighted by Crippen LogP contribution is 2.31. The van der Waals surface area contributed by atoms with Gasteiger partial charge in [-0.3, -0.25) is 4.79 Å². The van der Waals surface area contributed by atoms with E-state index in [9.17, 15) is 4.79 Å². The third-order valence-electron chi connectivity index (χ3n) is 5.85. The normalized spacial score (nSPS) is 29.2. The monoisotopic (exact) mass is 375 g/mol. The van der Waals surface area contributed by atoms with Gasteiger partial charge in [-0.15, -0.1) is 22.7 Å². The minimum absolute atomic E-state index is 0.231. The van der Waals surface area contributed by atoms with E-state index in [0.29, 0.717) is 24.5 Å². The molecule has 0 aromatic carbocycles. The van der Waals surface area contributed by atoms with E-state index in [4.69, 9.17) is 0 Å². The molecule has 2 aliphatic rings. The number of nitrogens with one attached hydrogen (secondary N) is 2. The van der Waals surface area contributed by atoms with Gasteiger partial charge in [0.05, 0.1) is 11.4 Å². The van der Waals surface area contributed by atoms with E-state index in [0.717, 1.165) is 19.4 Å². The van der Waals surface area contributed by atoms with Crippen molar-refractivity contribution in [1.82, 2.24) is 5.32 Å². The van der Waals surface area contributed by atoms with Gasteiger partial charge in [0.2, 0.25) is 0 Å². The lowest BCUT2D eigenvalue weighted by Gasteiger charge is -2.33. The van der Waals surface area contributed by atoms with Crippen LogP contribution >= 0.6 is 22.7 Å². The van der Waals surface area contributed by atoms with E-state index in [1.54, 1.807) is 0 Å². The number of hydrogen-bond acceptors (Lipinski definition) is 3. The van der Waals surface area contributed by atoms with E-state index < -0.39 is 0 Å². The first kappa shape index (κ1) is 17.3. The van der Waals surface area contributed by atoms with Crippen molar-refractivity contribution in [2.75, 3.05) is 13.1 Å². The summed E-state index contributed by atoms with van der Waals surface area (Å²) in [5, 5.41) is 7.70. The molecule has 1 amide bonds. The molecule has 1 aliphatic heterocycles. The molecule has 3 heterocycles. The van der Waals surface area contributed by atoms with Crippen molar-refractivity contribution in [2.24, 2.45) is 5.92 Å². The van der Waals surface area contributed by atoms with Gasteiger partial charge >= 0.3 is 0 Å². The van der Waals surface area contributed by atoms with Crippen LogP contribution in [-0.4, -0.2) is 25.0 Å². The molecule has 0 saturated heterocycles. The Morgan fingerprint density at radius 2 is 2.12 bits per heavy atom. The highest BCUT2D eigenvalue weighted by atomic mass is 32.1. The molecule has 2 aromatic rings. The highest BCUT2D eigenvalue weighted by molar-refractivity contribution is 7.10. The van der Waals surface area contributed by atoms with Crippen LogP contribution in [0.4, 0.5) is 0 Å². The van der Waals surface area contributed by atoms with Gasteiger partial charge in [-0.1, -0.05) is 25.8 Å². The summed E-state index contributed by atoms with van der Waals surface area (Å²) >= 11 is 3.68. The molecule has 0 bridgehead atoms. The van der Waals surface area contributed by atoms with Gasteiger partial charge in [0.25, 0.3) is 5.91 Å². The van der Waals surface area contributed by atoms with Gasteiger partial charge in [-0.2, -0.15) is 0 Å². The highest BCUT2D eigenvalue weighted by Gasteiger charge is 2.35. The number of quaternary nitrogens is 1. The molecule has 1 aliphatic carbocycles. The van der Waals surface area contributed by atoms with E-state index in [1.807, 2.05) is 22.7 Å². The van der Waals surface area contributed by atoms with Crippen molar-refractivity contribution < 1.29 is 9.69 Å². The van der Waals surface area contributed by atoms with Gasteiger partial charge in [-0.25, -0.2) is 0 Å². The first-order chi connectivity index (χ1) is 12.2. The molecule has 134 valence electrons. The summed E-state index contributed by atoms with van der Waals surface area (Å²) in [5.74, 6) is 0.847. The van der Waals surface area contributed by atoms with Crippen LogP contribution in [0.25, 0.3) is 0 Å². The molecule has 4 rings (SSSR count). The molecule has 1 saturated carbocycles. The first-order valence-electron chi connectivity index (χ1n) is 9.46. The Morgan fingerprint density at radius 1 is 1.24 bits per heavy atom. The summed E-state index contributed by atoms with van der Waals surface area (Å²) in [6.07, 6.45) is 6.05. The number of carbonyl (C=O) groups is 1. The fourth-order valence-corrected chi connectivity index (χ4v) is 6.27. The van der Waals surface area contributed by atoms with Crippen molar-refractivity contribution in [2.45, 2.75) is 51.1 Å². The first-order valence-corrected chi connectivity index (χ1v) is 11.2. The molecule has 0 radical (unpaired) electrons. The summed E-state index contributed by atoms with van der Waals surface area (Å²) in [6.45, 7) is 3.91. The summed E-state index contributed by atoms with van der Waals surface area (Å²) in [7, 11) is 0. The quantitative estimate of drug-likeness (QED) is 0.846. The van der Waals surface area contributed by atoms with E-state index in [-0.39, 0.29) is 5.91 Å². The third kappa shape index (κ3) is 3.69. The number of amides is 1. The smallest absolute Gasteiger partial charge is 0.275 e. The van der Waals surface area contributed by atoms with Crippen LogP contribution in [0.1, 0.15) is 54.0 Å². The number of rotatable bonds is 4. The summed E-state index contributed by atoms with van der Waals surface area (Å²) < 4.78 is 0. The van der Waals surface area contributed by atoms with Crippen LogP contribution in [-0.2, 0) is 11.2 Å². The molecule has 1 fully saturated rings. The second-order valence-electron chi connectivity index (χ2n) is 7.52. The Hall–Kier alpha value is -1.17. The molecule has 2 N–H and O–H groups in total. The lowest BCUT2D eigenvalue weighted by molar-refractivity contribution is -0.919. The third-order valence-corrected chi connectivity index (χ3v) is 7.78. The van der Waals surface area contributed by atoms with Crippen LogP contribution in [0.5, 0.6) is 0 Å². The molecule has 1 unspecified atom stereocenters. The average molecular weight is 376 g/mol. The summed E-state index contributed by atoms with van der Waals surface area (Å²) in [4.78, 5) is 17.0. The van der Waals surface area contributed by atoms with Gasteiger partial charge in [0.15, 0.2) is 6.54 Å². The van der Waals surface area contributed by atoms with Crippen LogP contribution in [0.15, 0.2) is 29.0 Å². The Bertz CT molecular complexity index is 709. The summed E-state index contributed by atoms with van der Waals surface area (Å²) in [5.41, 5.74) is 1.44. The lowest BCUT2D eigenvalue weighted by atomic mass is 9.86. The predicted octanol–water partition coefficient (Wildman–Crippen LogP) is 3.03. The zero-order valence-corrected chi connectivity index (χ0v) is 16.4. The Morgan fingerprint density at radius 3 is 2.92 bits per heavy atom. The molecule has 25 heavy (non-hydrogen) atoms. The minimum atomic E-state index is 0.231. The van der Waals surface area contributed by atoms with Crippen LogP contribution in [0.2, 0.25) is 0 Å². The molecule has 3 nitrogen and oxygen atoms in total. The second-order valence-corrected chi connectivity index (χ2v) is 9.50. The molecular weight excluding hydrogens is 348 g/mol. The molecule has 4 atom stereocenters. The zero-order valence-electron chi connectivity index (χ0n) is 14.8. The van der Waals surface area contributed by atoms with Gasteiger partial charge in [-0.05, 0) is 41.7 Å². The second kappa shape index (κ2) is 7.60. The zero-order chi connectivity index (χ0) is 17.2. The fraction of sp³-hybridized carbons (Fsp3) is 0.550. The molecule has 5 heteroatoms. The minimum Gasteiger partial charge on any atom is -0.348 e. The molecule has 0 spiro atoms. The van der Waals surface area contributed by atoms with Crippen LogP contribution in [0, 0.1) is 5.92 Å². The lowest BCUT2D eigenvalue weighted by Crippen LogP contribution is -3.14. The molecular formula is C20H27N2OS2+. The average Bonchev–Trinajstić information content (AvgIpc) is 3.28. The number of hydrogen-bond donors (Lipinski definition) is 2. The predicted molar refractivity (Wildman–Crippen MR) is 104 cm³/mol. The molecule has 2 aromatic heterocycles. The maximum atomic E-state index is 12.8. The fourth-order valence-electron chi connectivity index (χ4n) is 4.44. The maximum Gasteiger partial charge on any atom is 0.275 e. The van der Waals surface area contributed by atoms with Crippen molar-refractivity contribution in [3.63, 3.8) is 0 Å². The number of carbonyl (C=O) groups excluding carboxylic acids is 1. The number of fused-ring (bicyclic) bond motifs is 1. The Labute approximate surface area is 158 Å². The largest absolute Gasteiger partial charge is 0.348 e. The topological polar surface area (TPSA) is 33.5 Å². The van der Waals surface area contributed by atoms with Crippen LogP contribution < -0.4 is 10.2 Å². The van der Waals surface area contributed by atoms with Gasteiger partial charge < -0.3 is 10.2 Å². The van der Waals surface area contributed by atoms with Crippen molar-refractivity contribution >= 4 is 28.6 Å². The standard InChI is InChI=1S/C20H26N2OS2/c1-14-5-2-3-6-16(14)21-19(23)13-22-10-8-17-15(9-12-25-17)20(22)18-7-4-11-24-18/h4,7,9,11-12,14,16,20H,2-3,5-6,8,10,13H2,1H3,(H,21,23)/p+1/t14-,16+,20+/m0/s1. The van der Waals surface area contributed by atoms with Gasteiger partial charge in [0, 0.05) is 22.9 Å².